The molecule has 0 spiro atoms. The van der Waals surface area contributed by atoms with E-state index in [1.165, 1.54) is 7.11 Å². The minimum atomic E-state index is -2.31. The predicted octanol–water partition coefficient (Wildman–Crippen LogP) is 2.52. The van der Waals surface area contributed by atoms with Gasteiger partial charge in [0.05, 0.1) is 11.4 Å². The van der Waals surface area contributed by atoms with Gasteiger partial charge in [-0.3, -0.25) is 4.79 Å². The Morgan fingerprint density at radius 1 is 1.10 bits per heavy atom. The molecule has 3 nitrogen and oxygen atoms in total. The number of amides is 1. The van der Waals surface area contributed by atoms with Gasteiger partial charge in [-0.05, 0) is 0 Å². The van der Waals surface area contributed by atoms with Crippen molar-refractivity contribution in [3.63, 3.8) is 0 Å². The highest BCUT2D eigenvalue weighted by atomic mass is 79.9. The molecule has 0 aliphatic rings. The van der Waals surface area contributed by atoms with Gasteiger partial charge in [0.2, 0.25) is 5.82 Å². The van der Waals surface area contributed by atoms with Gasteiger partial charge in [0.15, 0.2) is 23.3 Å². The second-order valence-corrected chi connectivity index (χ2v) is 5.00. The first-order chi connectivity index (χ1) is 9.31. The van der Waals surface area contributed by atoms with Crippen molar-refractivity contribution in [2.45, 2.75) is 4.83 Å². The molecule has 1 atom stereocenters. The molecule has 1 unspecified atom stereocenters. The highest BCUT2D eigenvalue weighted by Gasteiger charge is 2.29. The van der Waals surface area contributed by atoms with Crippen LogP contribution < -0.4 is 5.32 Å². The summed E-state index contributed by atoms with van der Waals surface area (Å²) >= 11 is 3.08. The fraction of sp³-hybridized carbons (Fsp3) is 0.364. The minimum absolute atomic E-state index is 0.119. The van der Waals surface area contributed by atoms with Crippen molar-refractivity contribution in [1.82, 2.24) is 5.32 Å². The summed E-state index contributed by atoms with van der Waals surface area (Å²) in [6.45, 7) is 0.0591. The molecule has 0 aliphatic heterocycles. The summed E-state index contributed by atoms with van der Waals surface area (Å²) in [4.78, 5) is 11.1. The lowest BCUT2D eigenvalue weighted by Crippen LogP contribution is -2.33. The van der Waals surface area contributed by atoms with Gasteiger partial charge in [0.1, 0.15) is 5.56 Å². The lowest BCUT2D eigenvalue weighted by atomic mass is 10.1. The summed E-state index contributed by atoms with van der Waals surface area (Å²) < 4.78 is 70.0. The molecule has 0 radical (unpaired) electrons. The van der Waals surface area contributed by atoms with E-state index in [1.54, 1.807) is 0 Å². The molecule has 1 aromatic rings. The number of hydrogen-bond acceptors (Lipinski definition) is 2. The van der Waals surface area contributed by atoms with Gasteiger partial charge in [-0.25, -0.2) is 22.0 Å². The monoisotopic (exact) mass is 361 g/mol. The first-order valence-corrected chi connectivity index (χ1v) is 6.15. The van der Waals surface area contributed by atoms with Crippen LogP contribution in [0.1, 0.15) is 10.4 Å². The van der Waals surface area contributed by atoms with Gasteiger partial charge in [-0.2, -0.15) is 0 Å². The highest BCUT2D eigenvalue weighted by molar-refractivity contribution is 9.09. The average Bonchev–Trinajstić information content (AvgIpc) is 2.41. The van der Waals surface area contributed by atoms with Gasteiger partial charge in [-0.1, -0.05) is 15.9 Å². The largest absolute Gasteiger partial charge is 0.383 e. The van der Waals surface area contributed by atoms with Crippen molar-refractivity contribution in [2.75, 3.05) is 20.3 Å². The molecule has 1 aromatic carbocycles. The molecule has 20 heavy (non-hydrogen) atoms. The van der Waals surface area contributed by atoms with Crippen molar-refractivity contribution < 1.29 is 31.5 Å². The van der Waals surface area contributed by atoms with Gasteiger partial charge in [0, 0.05) is 13.7 Å². The van der Waals surface area contributed by atoms with Crippen molar-refractivity contribution >= 4 is 21.8 Å². The molecule has 0 heterocycles. The number of benzene rings is 1. The van der Waals surface area contributed by atoms with Crippen molar-refractivity contribution in [3.8, 4) is 0 Å². The molecule has 9 heteroatoms. The first kappa shape index (κ1) is 16.8. The Labute approximate surface area is 119 Å². The van der Waals surface area contributed by atoms with Crippen LogP contribution in [0.15, 0.2) is 0 Å². The number of hydrogen-bond donors (Lipinski definition) is 1. The molecule has 1 rings (SSSR count). The van der Waals surface area contributed by atoms with Crippen molar-refractivity contribution in [3.05, 3.63) is 34.6 Å². The summed E-state index contributed by atoms with van der Waals surface area (Å²) in [7, 11) is 1.39. The Hall–Kier alpha value is -1.22. The maximum atomic E-state index is 13.3. The predicted molar refractivity (Wildman–Crippen MR) is 63.2 cm³/mol. The number of rotatable bonds is 5. The molecule has 1 amide bonds. The number of methoxy groups -OCH3 is 1. The number of carbonyl (C=O) groups excluding carboxylic acids is 1. The van der Waals surface area contributed by atoms with Gasteiger partial charge in [-0.15, -0.1) is 0 Å². The van der Waals surface area contributed by atoms with Crippen molar-refractivity contribution in [1.29, 1.82) is 0 Å². The normalized spacial score (nSPS) is 12.3. The smallest absolute Gasteiger partial charge is 0.257 e. The van der Waals surface area contributed by atoms with Crippen LogP contribution in [-0.4, -0.2) is 31.0 Å². The van der Waals surface area contributed by atoms with Crippen LogP contribution >= 0.6 is 15.9 Å². The number of carbonyl (C=O) groups is 1. The van der Waals surface area contributed by atoms with E-state index >= 15 is 0 Å². The molecule has 0 fully saturated rings. The fourth-order valence-electron chi connectivity index (χ4n) is 1.34. The Morgan fingerprint density at radius 3 is 2.00 bits per heavy atom. The standard InChI is InChI=1S/C11H9BrF5NO2/c1-20-3-4(12)2-18-11(19)5-6(13)8(15)10(17)9(16)7(5)14/h4H,2-3H2,1H3,(H,18,19). The van der Waals surface area contributed by atoms with Gasteiger partial charge < -0.3 is 10.1 Å². The highest BCUT2D eigenvalue weighted by Crippen LogP contribution is 2.22. The molecule has 0 aliphatic carbocycles. The number of halogens is 6. The van der Waals surface area contributed by atoms with E-state index in [4.69, 9.17) is 4.74 Å². The molecular weight excluding hydrogens is 353 g/mol. The third-order valence-electron chi connectivity index (χ3n) is 2.27. The van der Waals surface area contributed by atoms with E-state index in [2.05, 4.69) is 15.9 Å². The van der Waals surface area contributed by atoms with E-state index in [9.17, 15) is 26.7 Å². The second-order valence-electron chi connectivity index (χ2n) is 3.71. The molecule has 112 valence electrons. The Balaban J connectivity index is 3.00. The minimum Gasteiger partial charge on any atom is -0.383 e. The number of nitrogens with one attached hydrogen (secondary N) is 1. The summed E-state index contributed by atoms with van der Waals surface area (Å²) in [6.07, 6.45) is 0. The van der Waals surface area contributed by atoms with E-state index in [-0.39, 0.29) is 18.0 Å². The van der Waals surface area contributed by atoms with Crippen LogP contribution in [-0.2, 0) is 4.74 Å². The van der Waals surface area contributed by atoms with Crippen LogP contribution in [0.4, 0.5) is 22.0 Å². The average molecular weight is 362 g/mol. The third-order valence-corrected chi connectivity index (χ3v) is 2.86. The Kier molecular flexibility index (Phi) is 5.88. The lowest BCUT2D eigenvalue weighted by molar-refractivity contribution is 0.0938. The number of alkyl halides is 1. The first-order valence-electron chi connectivity index (χ1n) is 5.23. The SMILES string of the molecule is COCC(Br)CNC(=O)c1c(F)c(F)c(F)c(F)c1F. The fourth-order valence-corrected chi connectivity index (χ4v) is 1.76. The van der Waals surface area contributed by atoms with Crippen LogP contribution in [0.3, 0.4) is 0 Å². The molecule has 0 aromatic heterocycles. The molecule has 0 bridgehead atoms. The zero-order valence-corrected chi connectivity index (χ0v) is 11.7. The van der Waals surface area contributed by atoms with Crippen LogP contribution in [0.2, 0.25) is 0 Å². The molecular formula is C11H9BrF5NO2. The topological polar surface area (TPSA) is 38.3 Å². The van der Waals surface area contributed by atoms with Gasteiger partial charge in [0.25, 0.3) is 5.91 Å². The zero-order valence-electron chi connectivity index (χ0n) is 10.1. The molecule has 0 saturated carbocycles. The number of ether oxygens (including phenoxy) is 1. The van der Waals surface area contributed by atoms with Crippen LogP contribution in [0, 0.1) is 29.1 Å². The maximum absolute atomic E-state index is 13.3. The Bertz CT molecular complexity index is 497. The molecule has 1 N–H and O–H groups in total. The van der Waals surface area contributed by atoms with Crippen molar-refractivity contribution in [2.24, 2.45) is 0 Å². The summed E-state index contributed by atoms with van der Waals surface area (Å²) in [5.41, 5.74) is -1.52. The zero-order chi connectivity index (χ0) is 15.4. The third kappa shape index (κ3) is 3.45. The summed E-state index contributed by atoms with van der Waals surface area (Å²) in [5.74, 6) is -12.4. The van der Waals surface area contributed by atoms with E-state index in [0.717, 1.165) is 0 Å². The lowest BCUT2D eigenvalue weighted by Gasteiger charge is -2.12. The van der Waals surface area contributed by atoms with Crippen LogP contribution in [0.5, 0.6) is 0 Å². The van der Waals surface area contributed by atoms with E-state index in [0.29, 0.717) is 0 Å². The quantitative estimate of drug-likeness (QED) is 0.379. The second kappa shape index (κ2) is 6.98. The molecule has 0 saturated heterocycles. The van der Waals surface area contributed by atoms with Crippen LogP contribution in [0.25, 0.3) is 0 Å². The summed E-state index contributed by atoms with van der Waals surface area (Å²) in [5, 5.41) is 2.04. The van der Waals surface area contributed by atoms with E-state index in [1.807, 2.05) is 5.32 Å². The Morgan fingerprint density at radius 2 is 1.55 bits per heavy atom. The van der Waals surface area contributed by atoms with E-state index < -0.39 is 40.6 Å². The summed E-state index contributed by atoms with van der Waals surface area (Å²) in [6, 6.07) is 0. The van der Waals surface area contributed by atoms with Gasteiger partial charge >= 0.3 is 0 Å². The maximum Gasteiger partial charge on any atom is 0.257 e.